The fraction of sp³-hybridized carbons (Fsp3) is 0.130. The number of quaternary nitrogens is 1. The Kier molecular flexibility index (Phi) is 7.00. The Morgan fingerprint density at radius 3 is 2.31 bits per heavy atom. The van der Waals surface area contributed by atoms with E-state index in [0.29, 0.717) is 22.0 Å². The third-order valence-electron chi connectivity index (χ3n) is 4.53. The summed E-state index contributed by atoms with van der Waals surface area (Å²) in [7, 11) is 0. The largest absolute Gasteiger partial charge is 0.332 e. The van der Waals surface area contributed by atoms with E-state index in [-0.39, 0.29) is 24.4 Å². The van der Waals surface area contributed by atoms with Crippen LogP contribution >= 0.6 is 11.6 Å². The predicted octanol–water partition coefficient (Wildman–Crippen LogP) is 3.86. The SMILES string of the molecule is CC([NH2+]CC(=O)Nc1ccccc1C(=O)Nc1ccccc1)c1ccccc1Cl. The fourth-order valence-electron chi connectivity index (χ4n) is 2.97. The normalized spacial score (nSPS) is 11.5. The molecule has 6 heteroatoms. The van der Waals surface area contributed by atoms with E-state index in [1.165, 1.54) is 0 Å². The highest BCUT2D eigenvalue weighted by Crippen LogP contribution is 2.20. The summed E-state index contributed by atoms with van der Waals surface area (Å²) < 4.78 is 0. The van der Waals surface area contributed by atoms with Gasteiger partial charge in [-0.2, -0.15) is 0 Å². The molecule has 0 spiro atoms. The van der Waals surface area contributed by atoms with Crippen LogP contribution in [0.2, 0.25) is 5.02 Å². The van der Waals surface area contributed by atoms with Crippen LogP contribution in [0.3, 0.4) is 0 Å². The van der Waals surface area contributed by atoms with Gasteiger partial charge in [-0.25, -0.2) is 0 Å². The molecule has 0 saturated carbocycles. The van der Waals surface area contributed by atoms with E-state index in [1.54, 1.807) is 24.3 Å². The van der Waals surface area contributed by atoms with Crippen molar-refractivity contribution in [2.75, 3.05) is 17.2 Å². The number of rotatable bonds is 7. The summed E-state index contributed by atoms with van der Waals surface area (Å²) in [6.07, 6.45) is 0. The minimum atomic E-state index is -0.277. The van der Waals surface area contributed by atoms with Crippen molar-refractivity contribution in [2.45, 2.75) is 13.0 Å². The van der Waals surface area contributed by atoms with Gasteiger partial charge in [0, 0.05) is 16.3 Å². The fourth-order valence-corrected chi connectivity index (χ4v) is 3.27. The van der Waals surface area contributed by atoms with Gasteiger partial charge in [-0.15, -0.1) is 0 Å². The van der Waals surface area contributed by atoms with Gasteiger partial charge in [0.2, 0.25) is 0 Å². The Labute approximate surface area is 175 Å². The summed E-state index contributed by atoms with van der Waals surface area (Å²) in [6, 6.07) is 23.8. The number of amides is 2. The molecule has 3 rings (SSSR count). The molecule has 3 aromatic rings. The highest BCUT2D eigenvalue weighted by atomic mass is 35.5. The van der Waals surface area contributed by atoms with E-state index in [4.69, 9.17) is 11.6 Å². The van der Waals surface area contributed by atoms with Gasteiger partial charge in [0.15, 0.2) is 6.54 Å². The van der Waals surface area contributed by atoms with Gasteiger partial charge < -0.3 is 16.0 Å². The van der Waals surface area contributed by atoms with Crippen LogP contribution in [-0.2, 0) is 4.79 Å². The van der Waals surface area contributed by atoms with Crippen LogP contribution in [0, 0.1) is 0 Å². The predicted molar refractivity (Wildman–Crippen MR) is 116 cm³/mol. The van der Waals surface area contributed by atoms with Crippen LogP contribution in [0.5, 0.6) is 0 Å². The van der Waals surface area contributed by atoms with Crippen LogP contribution in [0.15, 0.2) is 78.9 Å². The van der Waals surface area contributed by atoms with E-state index in [2.05, 4.69) is 10.6 Å². The summed E-state index contributed by atoms with van der Waals surface area (Å²) in [5.74, 6) is -0.468. The van der Waals surface area contributed by atoms with E-state index >= 15 is 0 Å². The van der Waals surface area contributed by atoms with Crippen LogP contribution in [0.1, 0.15) is 28.9 Å². The van der Waals surface area contributed by atoms with Gasteiger partial charge in [0.05, 0.1) is 11.3 Å². The lowest BCUT2D eigenvalue weighted by Crippen LogP contribution is -2.86. The first-order valence-electron chi connectivity index (χ1n) is 9.37. The molecule has 0 aliphatic rings. The lowest BCUT2D eigenvalue weighted by molar-refractivity contribution is -0.682. The summed E-state index contributed by atoms with van der Waals surface area (Å²) in [5, 5.41) is 8.26. The first-order valence-corrected chi connectivity index (χ1v) is 9.75. The van der Waals surface area contributed by atoms with Crippen molar-refractivity contribution in [3.8, 4) is 0 Å². The van der Waals surface area contributed by atoms with Gasteiger partial charge in [-0.3, -0.25) is 9.59 Å². The smallest absolute Gasteiger partial charge is 0.279 e. The van der Waals surface area contributed by atoms with Crippen LogP contribution < -0.4 is 16.0 Å². The standard InChI is InChI=1S/C23H22ClN3O2/c1-16(18-11-5-7-13-20(18)24)25-15-22(28)27-21-14-8-6-12-19(21)23(29)26-17-9-3-2-4-10-17/h2-14,16,25H,15H2,1H3,(H,26,29)(H,27,28)/p+1. The topological polar surface area (TPSA) is 74.8 Å². The molecule has 0 aliphatic carbocycles. The highest BCUT2D eigenvalue weighted by Gasteiger charge is 2.17. The number of halogens is 1. The Bertz CT molecular complexity index is 992. The van der Waals surface area contributed by atoms with Crippen molar-refractivity contribution < 1.29 is 14.9 Å². The molecule has 4 N–H and O–H groups in total. The number of para-hydroxylation sites is 2. The molecule has 1 unspecified atom stereocenters. The van der Waals surface area contributed by atoms with E-state index < -0.39 is 0 Å². The van der Waals surface area contributed by atoms with Gasteiger partial charge >= 0.3 is 0 Å². The number of carbonyl (C=O) groups is 2. The number of nitrogens with two attached hydrogens (primary N) is 1. The molecule has 0 fully saturated rings. The maximum atomic E-state index is 12.6. The van der Waals surface area contributed by atoms with Crippen LogP contribution in [-0.4, -0.2) is 18.4 Å². The number of hydrogen-bond donors (Lipinski definition) is 3. The maximum Gasteiger partial charge on any atom is 0.279 e. The molecular formula is C23H23ClN3O2+. The Morgan fingerprint density at radius 2 is 1.55 bits per heavy atom. The summed E-state index contributed by atoms with van der Waals surface area (Å²) in [4.78, 5) is 25.1. The first kappa shape index (κ1) is 20.6. The Balaban J connectivity index is 1.62. The molecule has 148 valence electrons. The van der Waals surface area contributed by atoms with Crippen LogP contribution in [0.4, 0.5) is 11.4 Å². The van der Waals surface area contributed by atoms with Crippen molar-refractivity contribution in [2.24, 2.45) is 0 Å². The minimum Gasteiger partial charge on any atom is -0.332 e. The van der Waals surface area contributed by atoms with E-state index in [0.717, 1.165) is 5.56 Å². The number of anilines is 2. The van der Waals surface area contributed by atoms with E-state index in [9.17, 15) is 9.59 Å². The molecule has 2 amide bonds. The van der Waals surface area contributed by atoms with Gasteiger partial charge in [0.1, 0.15) is 6.04 Å². The quantitative estimate of drug-likeness (QED) is 0.555. The average molecular weight is 409 g/mol. The maximum absolute atomic E-state index is 12.6. The molecule has 3 aromatic carbocycles. The van der Waals surface area contributed by atoms with Gasteiger partial charge in [-0.05, 0) is 37.3 Å². The molecule has 0 bridgehead atoms. The van der Waals surface area contributed by atoms with Crippen molar-refractivity contribution >= 4 is 34.8 Å². The van der Waals surface area contributed by atoms with E-state index in [1.807, 2.05) is 66.8 Å². The third-order valence-corrected chi connectivity index (χ3v) is 4.87. The Morgan fingerprint density at radius 1 is 0.897 bits per heavy atom. The Hall–Kier alpha value is -3.15. The molecule has 0 heterocycles. The molecule has 1 atom stereocenters. The molecule has 0 aliphatic heterocycles. The van der Waals surface area contributed by atoms with Crippen molar-refractivity contribution in [3.05, 3.63) is 95.0 Å². The molecule has 29 heavy (non-hydrogen) atoms. The third kappa shape index (κ3) is 5.67. The van der Waals surface area contributed by atoms with Gasteiger partial charge in [-0.1, -0.05) is 60.1 Å². The molecule has 5 nitrogen and oxygen atoms in total. The first-order chi connectivity index (χ1) is 14.0. The monoisotopic (exact) mass is 408 g/mol. The number of carbonyl (C=O) groups excluding carboxylic acids is 2. The van der Waals surface area contributed by atoms with Gasteiger partial charge in [0.25, 0.3) is 11.8 Å². The second kappa shape index (κ2) is 9.87. The number of nitrogens with one attached hydrogen (secondary N) is 2. The second-order valence-corrected chi connectivity index (χ2v) is 7.07. The highest BCUT2D eigenvalue weighted by molar-refractivity contribution is 6.31. The molecular weight excluding hydrogens is 386 g/mol. The summed E-state index contributed by atoms with van der Waals surface area (Å²) in [6.45, 7) is 2.21. The minimum absolute atomic E-state index is 0.0334. The zero-order valence-corrected chi connectivity index (χ0v) is 16.8. The zero-order chi connectivity index (χ0) is 20.6. The molecule has 0 radical (unpaired) electrons. The number of hydrogen-bond acceptors (Lipinski definition) is 2. The van der Waals surface area contributed by atoms with Crippen LogP contribution in [0.25, 0.3) is 0 Å². The average Bonchev–Trinajstić information content (AvgIpc) is 2.73. The summed E-state index contributed by atoms with van der Waals surface area (Å²) in [5.41, 5.74) is 2.55. The lowest BCUT2D eigenvalue weighted by atomic mass is 10.1. The number of benzene rings is 3. The lowest BCUT2D eigenvalue weighted by Gasteiger charge is -2.14. The second-order valence-electron chi connectivity index (χ2n) is 6.66. The molecule has 0 aromatic heterocycles. The summed E-state index contributed by atoms with van der Waals surface area (Å²) >= 11 is 6.22. The zero-order valence-electron chi connectivity index (χ0n) is 16.1. The van der Waals surface area contributed by atoms with Crippen molar-refractivity contribution in [1.82, 2.24) is 0 Å². The molecule has 0 saturated heterocycles. The van der Waals surface area contributed by atoms with Crippen molar-refractivity contribution in [1.29, 1.82) is 0 Å². The van der Waals surface area contributed by atoms with Crippen molar-refractivity contribution in [3.63, 3.8) is 0 Å².